The van der Waals surface area contributed by atoms with Crippen LogP contribution in [0, 0.1) is 13.8 Å². The summed E-state index contributed by atoms with van der Waals surface area (Å²) in [5.41, 5.74) is 0. The molecule has 0 atom stereocenters. The van der Waals surface area contributed by atoms with E-state index in [1.54, 1.807) is 0 Å². The molecule has 6 N–H and O–H groups in total. The van der Waals surface area contributed by atoms with Crippen LogP contribution in [0.5, 0.6) is 0 Å². The average molecular weight is 380 g/mol. The van der Waals surface area contributed by atoms with Gasteiger partial charge in [-0.15, -0.1) is 0 Å². The van der Waals surface area contributed by atoms with E-state index in [1.165, 1.54) is 0 Å². The maximum Gasteiger partial charge on any atom is 0.394 e. The molecule has 0 aliphatic rings. The second kappa shape index (κ2) is 17.7. The van der Waals surface area contributed by atoms with Crippen LogP contribution in [-0.4, -0.2) is 52.6 Å². The Morgan fingerprint density at radius 3 is 0.571 bits per heavy atom. The highest BCUT2D eigenvalue weighted by atomic mass is 32.3. The first kappa shape index (κ1) is 32.5. The van der Waals surface area contributed by atoms with Gasteiger partial charge in [0.2, 0.25) is 0 Å². The van der Waals surface area contributed by atoms with Crippen LogP contribution in [0.25, 0.3) is 0 Å². The lowest BCUT2D eigenvalue weighted by atomic mass is 10.6. The molecule has 15 heteroatoms. The third-order valence-electron chi connectivity index (χ3n) is 0. The summed E-state index contributed by atoms with van der Waals surface area (Å²) in [6, 6.07) is 0. The van der Waals surface area contributed by atoms with E-state index in [0.29, 0.717) is 0 Å². The lowest BCUT2D eigenvalue weighted by Crippen LogP contribution is -1.89. The molecule has 2 radical (unpaired) electrons. The molecular weight excluding hydrogens is 360 g/mol. The Balaban J connectivity index is -0.0000000519. The molecule has 0 fully saturated rings. The SMILES string of the molecule is O=S(=O)(O)O.O=S(=O)(O)O.O=S(=O)(O)O.[CH2]CC.[CH2]CC. The van der Waals surface area contributed by atoms with Gasteiger partial charge >= 0.3 is 31.2 Å². The molecule has 0 amide bonds. The zero-order chi connectivity index (χ0) is 18.9. The molecule has 0 saturated heterocycles. The first-order valence-corrected chi connectivity index (χ1v) is 8.70. The van der Waals surface area contributed by atoms with Crippen molar-refractivity contribution in [3.63, 3.8) is 0 Å². The molecule has 21 heavy (non-hydrogen) atoms. The van der Waals surface area contributed by atoms with Crippen LogP contribution in [-0.2, 0) is 31.2 Å². The van der Waals surface area contributed by atoms with Gasteiger partial charge in [-0.25, -0.2) is 0 Å². The molecule has 0 aromatic carbocycles. The Hall–Kier alpha value is -0.390. The van der Waals surface area contributed by atoms with Crippen molar-refractivity contribution in [2.75, 3.05) is 0 Å². The molecular formula is C6H20O12S3. The smallest absolute Gasteiger partial charge is 0.264 e. The molecule has 0 saturated carbocycles. The van der Waals surface area contributed by atoms with Crippen LogP contribution >= 0.6 is 0 Å². The minimum atomic E-state index is -4.67. The summed E-state index contributed by atoms with van der Waals surface area (Å²) in [4.78, 5) is 0. The molecule has 0 spiro atoms. The minimum Gasteiger partial charge on any atom is -0.264 e. The predicted molar refractivity (Wildman–Crippen MR) is 73.8 cm³/mol. The zero-order valence-electron chi connectivity index (χ0n) is 11.2. The van der Waals surface area contributed by atoms with E-state index < -0.39 is 31.2 Å². The third kappa shape index (κ3) is 40000. The van der Waals surface area contributed by atoms with Gasteiger partial charge in [-0.3, -0.25) is 27.3 Å². The maximum absolute atomic E-state index is 8.74. The number of hydrogen-bond donors (Lipinski definition) is 6. The molecule has 0 aromatic rings. The molecule has 134 valence electrons. The quantitative estimate of drug-likeness (QED) is 0.316. The van der Waals surface area contributed by atoms with Gasteiger partial charge in [0.05, 0.1) is 0 Å². The van der Waals surface area contributed by atoms with Crippen molar-refractivity contribution >= 4 is 31.2 Å². The Bertz CT molecular complexity index is 376. The van der Waals surface area contributed by atoms with Gasteiger partial charge < -0.3 is 0 Å². The summed E-state index contributed by atoms with van der Waals surface area (Å²) in [6.07, 6.45) is 2.00. The van der Waals surface area contributed by atoms with E-state index >= 15 is 0 Å². The van der Waals surface area contributed by atoms with Crippen molar-refractivity contribution in [1.82, 2.24) is 0 Å². The van der Waals surface area contributed by atoms with Crippen LogP contribution in [0.1, 0.15) is 26.7 Å². The normalized spacial score (nSPS) is 10.0. The minimum absolute atomic E-state index is 1.00. The first-order chi connectivity index (χ1) is 8.83. The van der Waals surface area contributed by atoms with Crippen LogP contribution in [0.4, 0.5) is 0 Å². The highest BCUT2D eigenvalue weighted by Gasteiger charge is 1.85. The lowest BCUT2D eigenvalue weighted by Gasteiger charge is -1.68. The topological polar surface area (TPSA) is 224 Å². The summed E-state index contributed by atoms with van der Waals surface area (Å²) < 4.78 is 94.8. The fraction of sp³-hybridized carbons (Fsp3) is 0.667. The largest absolute Gasteiger partial charge is 0.394 e. The summed E-state index contributed by atoms with van der Waals surface area (Å²) in [6.45, 7) is 11.0. The van der Waals surface area contributed by atoms with Crippen molar-refractivity contribution in [1.29, 1.82) is 0 Å². The van der Waals surface area contributed by atoms with E-state index in [0.717, 1.165) is 12.8 Å². The Kier molecular flexibility index (Phi) is 27.4. The van der Waals surface area contributed by atoms with Gasteiger partial charge in [-0.05, 0) is 0 Å². The molecule has 0 aliphatic heterocycles. The Morgan fingerprint density at radius 2 is 0.571 bits per heavy atom. The van der Waals surface area contributed by atoms with Crippen LogP contribution in [0.3, 0.4) is 0 Å². The fourth-order valence-corrected chi connectivity index (χ4v) is 0. The van der Waals surface area contributed by atoms with Crippen LogP contribution in [0.2, 0.25) is 0 Å². The zero-order valence-corrected chi connectivity index (χ0v) is 13.6. The van der Waals surface area contributed by atoms with Gasteiger partial charge in [0, 0.05) is 0 Å². The van der Waals surface area contributed by atoms with E-state index in [1.807, 2.05) is 13.8 Å². The van der Waals surface area contributed by atoms with E-state index in [-0.39, 0.29) is 0 Å². The summed E-state index contributed by atoms with van der Waals surface area (Å²) in [5.74, 6) is 0. The van der Waals surface area contributed by atoms with Crippen molar-refractivity contribution in [3.8, 4) is 0 Å². The van der Waals surface area contributed by atoms with E-state index in [4.69, 9.17) is 52.6 Å². The Morgan fingerprint density at radius 1 is 0.571 bits per heavy atom. The van der Waals surface area contributed by atoms with Crippen molar-refractivity contribution in [2.45, 2.75) is 26.7 Å². The first-order valence-electron chi connectivity index (χ1n) is 4.51. The summed E-state index contributed by atoms with van der Waals surface area (Å²) >= 11 is 0. The molecule has 12 nitrogen and oxygen atoms in total. The highest BCUT2D eigenvalue weighted by Crippen LogP contribution is 1.60. The van der Waals surface area contributed by atoms with Gasteiger partial charge in [0.15, 0.2) is 0 Å². The number of rotatable bonds is 0. The van der Waals surface area contributed by atoms with Crippen molar-refractivity contribution in [3.05, 3.63) is 13.8 Å². The van der Waals surface area contributed by atoms with Crippen LogP contribution < -0.4 is 0 Å². The van der Waals surface area contributed by atoms with E-state index in [2.05, 4.69) is 13.8 Å². The molecule has 0 rings (SSSR count). The summed E-state index contributed by atoms with van der Waals surface area (Å²) in [7, 11) is -14.0. The monoisotopic (exact) mass is 380 g/mol. The molecule has 0 aromatic heterocycles. The van der Waals surface area contributed by atoms with Crippen molar-refractivity contribution < 1.29 is 52.6 Å². The van der Waals surface area contributed by atoms with Gasteiger partial charge in [0.1, 0.15) is 0 Å². The standard InChI is InChI=1S/2C3H7.3H2O4S/c2*1-3-2;3*1-5(2,3)4/h2*1,3H2,2H3;3*(H2,1,2,3,4). The summed E-state index contributed by atoms with van der Waals surface area (Å²) in [5, 5.41) is 0. The van der Waals surface area contributed by atoms with Gasteiger partial charge in [0.25, 0.3) is 0 Å². The predicted octanol–water partition coefficient (Wildman–Crippen LogP) is 0.503. The average Bonchev–Trinajstić information content (AvgIpc) is 1.93. The third-order valence-corrected chi connectivity index (χ3v) is 0. The maximum atomic E-state index is 8.74. The molecule has 0 heterocycles. The number of hydrogen-bond acceptors (Lipinski definition) is 6. The van der Waals surface area contributed by atoms with Gasteiger partial charge in [-0.1, -0.05) is 40.5 Å². The van der Waals surface area contributed by atoms with Crippen molar-refractivity contribution in [2.24, 2.45) is 0 Å². The highest BCUT2D eigenvalue weighted by molar-refractivity contribution is 7.80. The molecule has 0 aliphatic carbocycles. The second-order valence-electron chi connectivity index (χ2n) is 2.34. The van der Waals surface area contributed by atoms with E-state index in [9.17, 15) is 0 Å². The Labute approximate surface area is 124 Å². The lowest BCUT2D eigenvalue weighted by molar-refractivity contribution is 0.378. The van der Waals surface area contributed by atoms with Gasteiger partial charge in [-0.2, -0.15) is 25.3 Å². The fourth-order valence-electron chi connectivity index (χ4n) is 0. The molecule has 0 bridgehead atoms. The second-order valence-corrected chi connectivity index (χ2v) is 5.03. The van der Waals surface area contributed by atoms with Crippen LogP contribution in [0.15, 0.2) is 0 Å². The molecule has 0 unspecified atom stereocenters.